The molecule has 0 amide bonds. The van der Waals surface area contributed by atoms with E-state index in [2.05, 4.69) is 10.4 Å². The van der Waals surface area contributed by atoms with Gasteiger partial charge in [0.15, 0.2) is 0 Å². The van der Waals surface area contributed by atoms with Gasteiger partial charge < -0.3 is 10.2 Å². The van der Waals surface area contributed by atoms with Crippen LogP contribution in [-0.2, 0) is 6.54 Å². The number of aromatic nitrogens is 2. The quantitative estimate of drug-likeness (QED) is 0.917. The van der Waals surface area contributed by atoms with Gasteiger partial charge in [0, 0.05) is 26.7 Å². The Kier molecular flexibility index (Phi) is 4.63. The highest BCUT2D eigenvalue weighted by Gasteiger charge is 2.02. The molecule has 2 rings (SSSR count). The Labute approximate surface area is 122 Å². The minimum Gasteiger partial charge on any atom is -0.382 e. The van der Waals surface area contributed by atoms with Gasteiger partial charge in [0.05, 0.1) is 29.1 Å². The summed E-state index contributed by atoms with van der Waals surface area (Å²) in [6, 6.07) is 9.07. The van der Waals surface area contributed by atoms with E-state index in [9.17, 15) is 4.79 Å². The number of anilines is 2. The van der Waals surface area contributed by atoms with Crippen molar-refractivity contribution in [1.82, 2.24) is 9.78 Å². The molecule has 106 valence electrons. The van der Waals surface area contributed by atoms with Crippen molar-refractivity contribution in [2.24, 2.45) is 0 Å². The molecule has 1 heterocycles. The monoisotopic (exact) mass is 292 g/mol. The second kappa shape index (κ2) is 6.43. The SMILES string of the molecule is CN(C)c1cnn(CCNc2ccccc2Cl)c(=O)c1. The maximum atomic E-state index is 11.9. The lowest BCUT2D eigenvalue weighted by atomic mass is 10.3. The Morgan fingerprint density at radius 2 is 2.10 bits per heavy atom. The second-order valence-electron chi connectivity index (χ2n) is 4.58. The minimum absolute atomic E-state index is 0.114. The summed E-state index contributed by atoms with van der Waals surface area (Å²) in [7, 11) is 3.75. The van der Waals surface area contributed by atoms with Gasteiger partial charge in [-0.2, -0.15) is 5.10 Å². The Balaban J connectivity index is 1.98. The number of rotatable bonds is 5. The van der Waals surface area contributed by atoms with Gasteiger partial charge in [-0.05, 0) is 12.1 Å². The largest absolute Gasteiger partial charge is 0.382 e. The highest BCUT2D eigenvalue weighted by molar-refractivity contribution is 6.33. The van der Waals surface area contributed by atoms with Crippen LogP contribution in [0.4, 0.5) is 11.4 Å². The van der Waals surface area contributed by atoms with Gasteiger partial charge in [0.2, 0.25) is 0 Å². The molecule has 6 heteroatoms. The Hall–Kier alpha value is -2.01. The van der Waals surface area contributed by atoms with E-state index in [1.54, 1.807) is 12.3 Å². The number of hydrogen-bond acceptors (Lipinski definition) is 4. The predicted molar refractivity (Wildman–Crippen MR) is 82.8 cm³/mol. The van der Waals surface area contributed by atoms with Gasteiger partial charge in [-0.15, -0.1) is 0 Å². The molecular weight excluding hydrogens is 276 g/mol. The Morgan fingerprint density at radius 3 is 2.75 bits per heavy atom. The van der Waals surface area contributed by atoms with Crippen LogP contribution >= 0.6 is 11.6 Å². The van der Waals surface area contributed by atoms with Crippen molar-refractivity contribution in [3.63, 3.8) is 0 Å². The lowest BCUT2D eigenvalue weighted by Crippen LogP contribution is -2.27. The molecule has 20 heavy (non-hydrogen) atoms. The van der Waals surface area contributed by atoms with Crippen LogP contribution in [0.15, 0.2) is 41.3 Å². The van der Waals surface area contributed by atoms with E-state index in [-0.39, 0.29) is 5.56 Å². The molecule has 0 unspecified atom stereocenters. The molecule has 0 atom stereocenters. The summed E-state index contributed by atoms with van der Waals surface area (Å²) in [6.45, 7) is 1.07. The summed E-state index contributed by atoms with van der Waals surface area (Å²) in [5.74, 6) is 0. The van der Waals surface area contributed by atoms with Crippen LogP contribution in [0.5, 0.6) is 0 Å². The summed E-state index contributed by atoms with van der Waals surface area (Å²) in [6.07, 6.45) is 1.68. The normalized spacial score (nSPS) is 10.3. The van der Waals surface area contributed by atoms with Crippen molar-refractivity contribution < 1.29 is 0 Å². The number of para-hydroxylation sites is 1. The summed E-state index contributed by atoms with van der Waals surface area (Å²) in [5.41, 5.74) is 1.54. The molecule has 2 aromatic rings. The van der Waals surface area contributed by atoms with Crippen molar-refractivity contribution in [1.29, 1.82) is 0 Å². The zero-order chi connectivity index (χ0) is 14.5. The average molecular weight is 293 g/mol. The van der Waals surface area contributed by atoms with E-state index in [1.165, 1.54) is 4.68 Å². The first kappa shape index (κ1) is 14.4. The molecule has 1 aromatic carbocycles. The first-order valence-electron chi connectivity index (χ1n) is 6.31. The predicted octanol–water partition coefficient (Wildman–Crippen LogP) is 2.07. The van der Waals surface area contributed by atoms with Crippen molar-refractivity contribution in [3.8, 4) is 0 Å². The fraction of sp³-hybridized carbons (Fsp3) is 0.286. The Bertz CT molecular complexity index is 639. The summed E-state index contributed by atoms with van der Waals surface area (Å²) >= 11 is 6.04. The average Bonchev–Trinajstić information content (AvgIpc) is 2.42. The molecule has 0 saturated carbocycles. The van der Waals surface area contributed by atoms with Gasteiger partial charge in [0.1, 0.15) is 0 Å². The van der Waals surface area contributed by atoms with Crippen LogP contribution in [0.3, 0.4) is 0 Å². The topological polar surface area (TPSA) is 50.2 Å². The smallest absolute Gasteiger partial charge is 0.268 e. The molecule has 0 spiro atoms. The molecular formula is C14H17ClN4O. The lowest BCUT2D eigenvalue weighted by molar-refractivity contribution is 0.597. The van der Waals surface area contributed by atoms with Crippen molar-refractivity contribution in [2.75, 3.05) is 30.9 Å². The van der Waals surface area contributed by atoms with E-state index >= 15 is 0 Å². The number of hydrogen-bond donors (Lipinski definition) is 1. The van der Waals surface area contributed by atoms with Crippen molar-refractivity contribution in [3.05, 3.63) is 51.9 Å². The van der Waals surface area contributed by atoms with Gasteiger partial charge in [0.25, 0.3) is 5.56 Å². The number of benzene rings is 1. The van der Waals surface area contributed by atoms with Crippen LogP contribution in [-0.4, -0.2) is 30.4 Å². The third-order valence-corrected chi connectivity index (χ3v) is 3.21. The van der Waals surface area contributed by atoms with Crippen LogP contribution < -0.4 is 15.8 Å². The third kappa shape index (κ3) is 3.51. The zero-order valence-corrected chi connectivity index (χ0v) is 12.3. The van der Waals surface area contributed by atoms with Crippen LogP contribution in [0.25, 0.3) is 0 Å². The maximum Gasteiger partial charge on any atom is 0.268 e. The standard InChI is InChI=1S/C14H17ClN4O/c1-18(2)11-9-14(20)19(17-10-11)8-7-16-13-6-4-3-5-12(13)15/h3-6,9-10,16H,7-8H2,1-2H3. The molecule has 1 aromatic heterocycles. The van der Waals surface area contributed by atoms with E-state index in [4.69, 9.17) is 11.6 Å². The molecule has 5 nitrogen and oxygen atoms in total. The molecule has 0 saturated heterocycles. The number of nitrogens with zero attached hydrogens (tertiary/aromatic N) is 3. The molecule has 0 aliphatic carbocycles. The van der Waals surface area contributed by atoms with E-state index < -0.39 is 0 Å². The highest BCUT2D eigenvalue weighted by Crippen LogP contribution is 2.19. The first-order chi connectivity index (χ1) is 9.58. The van der Waals surface area contributed by atoms with Gasteiger partial charge in [-0.3, -0.25) is 4.79 Å². The van der Waals surface area contributed by atoms with Crippen LogP contribution in [0.2, 0.25) is 5.02 Å². The second-order valence-corrected chi connectivity index (χ2v) is 4.98. The summed E-state index contributed by atoms with van der Waals surface area (Å²) in [4.78, 5) is 13.7. The minimum atomic E-state index is -0.114. The fourth-order valence-corrected chi connectivity index (χ4v) is 1.94. The maximum absolute atomic E-state index is 11.9. The van der Waals surface area contributed by atoms with Crippen LogP contribution in [0, 0.1) is 0 Å². The molecule has 0 aliphatic heterocycles. The van der Waals surface area contributed by atoms with E-state index in [1.807, 2.05) is 43.3 Å². The Morgan fingerprint density at radius 1 is 1.35 bits per heavy atom. The first-order valence-corrected chi connectivity index (χ1v) is 6.68. The van der Waals surface area contributed by atoms with Gasteiger partial charge in [-0.1, -0.05) is 23.7 Å². The lowest BCUT2D eigenvalue weighted by Gasteiger charge is -2.13. The summed E-state index contributed by atoms with van der Waals surface area (Å²) in [5, 5.41) is 7.99. The molecule has 0 fully saturated rings. The van der Waals surface area contributed by atoms with E-state index in [0.717, 1.165) is 11.4 Å². The third-order valence-electron chi connectivity index (χ3n) is 2.88. The molecule has 1 N–H and O–H groups in total. The fourth-order valence-electron chi connectivity index (χ4n) is 1.74. The van der Waals surface area contributed by atoms with Gasteiger partial charge >= 0.3 is 0 Å². The van der Waals surface area contributed by atoms with Crippen molar-refractivity contribution in [2.45, 2.75) is 6.54 Å². The number of nitrogens with one attached hydrogen (secondary N) is 1. The molecule has 0 bridgehead atoms. The molecule has 0 radical (unpaired) electrons. The number of halogens is 1. The zero-order valence-electron chi connectivity index (χ0n) is 11.5. The van der Waals surface area contributed by atoms with Gasteiger partial charge in [-0.25, -0.2) is 4.68 Å². The highest BCUT2D eigenvalue weighted by atomic mass is 35.5. The summed E-state index contributed by atoms with van der Waals surface area (Å²) < 4.78 is 1.43. The van der Waals surface area contributed by atoms with E-state index in [0.29, 0.717) is 18.1 Å². The molecule has 0 aliphatic rings. The van der Waals surface area contributed by atoms with Crippen LogP contribution in [0.1, 0.15) is 0 Å². The van der Waals surface area contributed by atoms with Crippen molar-refractivity contribution >= 4 is 23.0 Å².